The molecule has 1 aliphatic heterocycles. The zero-order valence-corrected chi connectivity index (χ0v) is 11.2. The van der Waals surface area contributed by atoms with Crippen molar-refractivity contribution in [3.63, 3.8) is 0 Å². The largest absolute Gasteiger partial charge is 0.351 e. The maximum absolute atomic E-state index is 12.2. The molecule has 0 bridgehead atoms. The van der Waals surface area contributed by atoms with Crippen LogP contribution in [0.3, 0.4) is 0 Å². The average molecular weight is 238 g/mol. The van der Waals surface area contributed by atoms with E-state index in [1.54, 1.807) is 0 Å². The first-order valence-electron chi connectivity index (χ1n) is 7.12. The van der Waals surface area contributed by atoms with Crippen LogP contribution < -0.4 is 10.6 Å². The fourth-order valence-electron chi connectivity index (χ4n) is 3.03. The second kappa shape index (κ2) is 5.38. The van der Waals surface area contributed by atoms with Crippen molar-refractivity contribution >= 4 is 5.91 Å². The SMILES string of the molecule is CC1CCC(C(=O)NC2(C)CCNCC2)CC1. The molecular formula is C14H26N2O. The first kappa shape index (κ1) is 12.9. The Kier molecular flexibility index (Phi) is 4.08. The Hall–Kier alpha value is -0.570. The smallest absolute Gasteiger partial charge is 0.223 e. The molecule has 0 aromatic carbocycles. The number of rotatable bonds is 2. The molecule has 0 atom stereocenters. The molecule has 3 nitrogen and oxygen atoms in total. The second-order valence-corrected chi connectivity index (χ2v) is 6.26. The Bertz CT molecular complexity index is 263. The minimum atomic E-state index is 0.0331. The van der Waals surface area contributed by atoms with Crippen molar-refractivity contribution in [3.8, 4) is 0 Å². The Morgan fingerprint density at radius 2 is 1.76 bits per heavy atom. The van der Waals surface area contributed by atoms with E-state index in [1.807, 2.05) is 0 Å². The normalized spacial score (nSPS) is 33.1. The maximum Gasteiger partial charge on any atom is 0.223 e. The molecule has 1 heterocycles. The number of carbonyl (C=O) groups excluding carboxylic acids is 1. The molecule has 2 N–H and O–H groups in total. The van der Waals surface area contributed by atoms with Gasteiger partial charge in [-0.1, -0.05) is 6.92 Å². The lowest BCUT2D eigenvalue weighted by Crippen LogP contribution is -2.54. The van der Waals surface area contributed by atoms with Gasteiger partial charge in [-0.25, -0.2) is 0 Å². The summed E-state index contributed by atoms with van der Waals surface area (Å²) in [7, 11) is 0. The lowest BCUT2D eigenvalue weighted by Gasteiger charge is -2.37. The third-order valence-electron chi connectivity index (χ3n) is 4.52. The number of amides is 1. The molecule has 2 fully saturated rings. The number of hydrogen-bond donors (Lipinski definition) is 2. The van der Waals surface area contributed by atoms with E-state index < -0.39 is 0 Å². The van der Waals surface area contributed by atoms with E-state index in [2.05, 4.69) is 24.5 Å². The van der Waals surface area contributed by atoms with Crippen molar-refractivity contribution in [2.45, 2.75) is 57.9 Å². The summed E-state index contributed by atoms with van der Waals surface area (Å²) in [5.41, 5.74) is 0.0331. The summed E-state index contributed by atoms with van der Waals surface area (Å²) in [5.74, 6) is 1.40. The summed E-state index contributed by atoms with van der Waals surface area (Å²) >= 11 is 0. The molecule has 0 aromatic rings. The maximum atomic E-state index is 12.2. The van der Waals surface area contributed by atoms with Gasteiger partial charge in [0, 0.05) is 11.5 Å². The molecule has 98 valence electrons. The van der Waals surface area contributed by atoms with Crippen LogP contribution in [0.2, 0.25) is 0 Å². The molecule has 2 rings (SSSR count). The van der Waals surface area contributed by atoms with Crippen molar-refractivity contribution < 1.29 is 4.79 Å². The lowest BCUT2D eigenvalue weighted by atomic mass is 9.81. The third-order valence-corrected chi connectivity index (χ3v) is 4.52. The number of hydrogen-bond acceptors (Lipinski definition) is 2. The van der Waals surface area contributed by atoms with E-state index in [-0.39, 0.29) is 11.5 Å². The van der Waals surface area contributed by atoms with E-state index in [0.29, 0.717) is 5.91 Å². The molecule has 3 heteroatoms. The lowest BCUT2D eigenvalue weighted by molar-refractivity contribution is -0.128. The molecule has 0 unspecified atom stereocenters. The predicted octanol–water partition coefficient (Wildman–Crippen LogP) is 2.07. The molecule has 0 spiro atoms. The molecule has 1 amide bonds. The van der Waals surface area contributed by atoms with E-state index in [4.69, 9.17) is 0 Å². The quantitative estimate of drug-likeness (QED) is 0.773. The molecule has 17 heavy (non-hydrogen) atoms. The van der Waals surface area contributed by atoms with Gasteiger partial charge < -0.3 is 10.6 Å². The number of nitrogens with one attached hydrogen (secondary N) is 2. The van der Waals surface area contributed by atoms with Gasteiger partial charge in [0.25, 0.3) is 0 Å². The van der Waals surface area contributed by atoms with Crippen LogP contribution in [-0.4, -0.2) is 24.5 Å². The molecule has 1 aliphatic carbocycles. The predicted molar refractivity (Wildman–Crippen MR) is 69.8 cm³/mol. The van der Waals surface area contributed by atoms with Crippen molar-refractivity contribution in [1.82, 2.24) is 10.6 Å². The Balaban J connectivity index is 1.83. The van der Waals surface area contributed by atoms with Gasteiger partial charge in [-0.15, -0.1) is 0 Å². The van der Waals surface area contributed by atoms with Gasteiger partial charge in [0.2, 0.25) is 5.91 Å². The summed E-state index contributed by atoms with van der Waals surface area (Å²) in [6.45, 7) is 6.54. The van der Waals surface area contributed by atoms with Crippen LogP contribution in [0.4, 0.5) is 0 Å². The van der Waals surface area contributed by atoms with Crippen LogP contribution in [0.5, 0.6) is 0 Å². The summed E-state index contributed by atoms with van der Waals surface area (Å²) in [6, 6.07) is 0. The Morgan fingerprint density at radius 1 is 1.18 bits per heavy atom. The first-order chi connectivity index (χ1) is 8.09. The van der Waals surface area contributed by atoms with Gasteiger partial charge in [0.1, 0.15) is 0 Å². The van der Waals surface area contributed by atoms with Gasteiger partial charge in [-0.05, 0) is 64.5 Å². The minimum Gasteiger partial charge on any atom is -0.351 e. The van der Waals surface area contributed by atoms with Crippen LogP contribution in [-0.2, 0) is 4.79 Å². The van der Waals surface area contributed by atoms with Gasteiger partial charge in [-0.2, -0.15) is 0 Å². The second-order valence-electron chi connectivity index (χ2n) is 6.26. The summed E-state index contributed by atoms with van der Waals surface area (Å²) in [6.07, 6.45) is 6.72. The van der Waals surface area contributed by atoms with E-state index >= 15 is 0 Å². The van der Waals surface area contributed by atoms with Crippen LogP contribution in [0.25, 0.3) is 0 Å². The Labute approximate surface area is 105 Å². The average Bonchev–Trinajstić information content (AvgIpc) is 2.30. The van der Waals surface area contributed by atoms with Crippen molar-refractivity contribution in [2.24, 2.45) is 11.8 Å². The molecule has 1 saturated carbocycles. The zero-order chi connectivity index (χ0) is 12.3. The van der Waals surface area contributed by atoms with Gasteiger partial charge in [0.05, 0.1) is 0 Å². The molecule has 2 aliphatic rings. The fraction of sp³-hybridized carbons (Fsp3) is 0.929. The summed E-state index contributed by atoms with van der Waals surface area (Å²) in [5, 5.41) is 6.65. The highest BCUT2D eigenvalue weighted by molar-refractivity contribution is 5.79. The minimum absolute atomic E-state index is 0.0331. The van der Waals surface area contributed by atoms with Crippen molar-refractivity contribution in [3.05, 3.63) is 0 Å². The van der Waals surface area contributed by atoms with E-state index in [0.717, 1.165) is 44.7 Å². The highest BCUT2D eigenvalue weighted by Gasteiger charge is 2.32. The van der Waals surface area contributed by atoms with Crippen LogP contribution in [0.1, 0.15) is 52.4 Å². The molecular weight excluding hydrogens is 212 g/mol. The monoisotopic (exact) mass is 238 g/mol. The van der Waals surface area contributed by atoms with Crippen molar-refractivity contribution in [1.29, 1.82) is 0 Å². The summed E-state index contributed by atoms with van der Waals surface area (Å²) < 4.78 is 0. The standard InChI is InChI=1S/C14H26N2O/c1-11-3-5-12(6-4-11)13(17)16-14(2)7-9-15-10-8-14/h11-12,15H,3-10H2,1-2H3,(H,16,17). The van der Waals surface area contributed by atoms with Crippen LogP contribution in [0.15, 0.2) is 0 Å². The Morgan fingerprint density at radius 3 is 2.35 bits per heavy atom. The highest BCUT2D eigenvalue weighted by atomic mass is 16.2. The van der Waals surface area contributed by atoms with Crippen molar-refractivity contribution in [2.75, 3.05) is 13.1 Å². The number of piperidine rings is 1. The highest BCUT2D eigenvalue weighted by Crippen LogP contribution is 2.29. The topological polar surface area (TPSA) is 41.1 Å². The summed E-state index contributed by atoms with van der Waals surface area (Å²) in [4.78, 5) is 12.2. The molecule has 0 radical (unpaired) electrons. The van der Waals surface area contributed by atoms with Crippen LogP contribution >= 0.6 is 0 Å². The van der Waals surface area contributed by atoms with E-state index in [1.165, 1.54) is 12.8 Å². The first-order valence-corrected chi connectivity index (χ1v) is 7.12. The van der Waals surface area contributed by atoms with Gasteiger partial charge >= 0.3 is 0 Å². The van der Waals surface area contributed by atoms with E-state index in [9.17, 15) is 4.79 Å². The molecule has 1 saturated heterocycles. The fourth-order valence-corrected chi connectivity index (χ4v) is 3.03. The van der Waals surface area contributed by atoms with Crippen LogP contribution in [0, 0.1) is 11.8 Å². The van der Waals surface area contributed by atoms with Gasteiger partial charge in [0.15, 0.2) is 0 Å². The zero-order valence-electron chi connectivity index (χ0n) is 11.2. The third kappa shape index (κ3) is 3.44. The number of carbonyl (C=O) groups is 1. The molecule has 0 aromatic heterocycles. The van der Waals surface area contributed by atoms with Gasteiger partial charge in [-0.3, -0.25) is 4.79 Å².